The molecule has 1 aromatic rings. The van der Waals surface area contributed by atoms with E-state index >= 15 is 0 Å². The van der Waals surface area contributed by atoms with Crippen molar-refractivity contribution in [2.75, 3.05) is 13.2 Å². The maximum Gasteiger partial charge on any atom is 0.0840 e. The highest BCUT2D eigenvalue weighted by molar-refractivity contribution is 5.20. The molecule has 1 fully saturated rings. The van der Waals surface area contributed by atoms with Crippen LogP contribution in [0.1, 0.15) is 51.5 Å². The van der Waals surface area contributed by atoms with Gasteiger partial charge in [-0.15, -0.1) is 0 Å². The van der Waals surface area contributed by atoms with Gasteiger partial charge in [0.2, 0.25) is 0 Å². The van der Waals surface area contributed by atoms with Crippen LogP contribution in [0.5, 0.6) is 0 Å². The van der Waals surface area contributed by atoms with Crippen molar-refractivity contribution >= 4 is 0 Å². The average Bonchev–Trinajstić information content (AvgIpc) is 2.45. The molecule has 1 aromatic carbocycles. The Morgan fingerprint density at radius 2 is 1.81 bits per heavy atom. The molecule has 1 aliphatic carbocycles. The van der Waals surface area contributed by atoms with E-state index < -0.39 is 0 Å². The van der Waals surface area contributed by atoms with E-state index in [1.54, 1.807) is 0 Å². The Hall–Kier alpha value is -0.900. The fourth-order valence-electron chi connectivity index (χ4n) is 2.87. The van der Waals surface area contributed by atoms with Crippen LogP contribution in [0.25, 0.3) is 0 Å². The number of aliphatic hydroxyl groups is 1. The molecule has 2 rings (SSSR count). The summed E-state index contributed by atoms with van der Waals surface area (Å²) < 4.78 is 11.5. The number of benzene rings is 1. The van der Waals surface area contributed by atoms with Crippen molar-refractivity contribution in [2.24, 2.45) is 0 Å². The first kappa shape index (κ1) is 16.5. The molecular weight excluding hydrogens is 264 g/mol. The van der Waals surface area contributed by atoms with Crippen molar-refractivity contribution in [1.82, 2.24) is 0 Å². The van der Waals surface area contributed by atoms with Crippen molar-refractivity contribution in [3.8, 4) is 0 Å². The van der Waals surface area contributed by atoms with E-state index in [-0.39, 0.29) is 17.8 Å². The van der Waals surface area contributed by atoms with Crippen LogP contribution < -0.4 is 0 Å². The first-order chi connectivity index (χ1) is 9.96. The van der Waals surface area contributed by atoms with E-state index in [1.165, 1.54) is 5.56 Å². The Kier molecular flexibility index (Phi) is 5.80. The minimum atomic E-state index is -0.348. The smallest absolute Gasteiger partial charge is 0.0840 e. The highest BCUT2D eigenvalue weighted by Gasteiger charge is 2.30. The third kappa shape index (κ3) is 5.42. The number of ether oxygens (including phenoxy) is 2. The summed E-state index contributed by atoms with van der Waals surface area (Å²) in [5.74, 6) is 0.489. The number of aliphatic hydroxyl groups excluding tert-OH is 1. The van der Waals surface area contributed by atoms with Crippen LogP contribution >= 0.6 is 0 Å². The number of hydrogen-bond donors (Lipinski definition) is 1. The monoisotopic (exact) mass is 292 g/mol. The van der Waals surface area contributed by atoms with Crippen molar-refractivity contribution in [1.29, 1.82) is 0 Å². The lowest BCUT2D eigenvalue weighted by Gasteiger charge is -2.33. The number of hydrogen-bond acceptors (Lipinski definition) is 3. The Balaban J connectivity index is 1.81. The molecule has 1 aliphatic rings. The third-order valence-corrected chi connectivity index (χ3v) is 3.98. The normalized spacial score (nSPS) is 26.8. The summed E-state index contributed by atoms with van der Waals surface area (Å²) in [5.41, 5.74) is 1.21. The van der Waals surface area contributed by atoms with Crippen LogP contribution in [-0.4, -0.2) is 36.1 Å². The summed E-state index contributed by atoms with van der Waals surface area (Å²) in [6, 6.07) is 10.5. The van der Waals surface area contributed by atoms with Crippen LogP contribution in [0.15, 0.2) is 30.3 Å². The SMILES string of the molecule is CC(C)(C)OCCOC1CC(c2ccccc2)CCC1O. The summed E-state index contributed by atoms with van der Waals surface area (Å²) in [6.07, 6.45) is 2.31. The average molecular weight is 292 g/mol. The van der Waals surface area contributed by atoms with Gasteiger partial charge in [0.15, 0.2) is 0 Å². The van der Waals surface area contributed by atoms with Gasteiger partial charge < -0.3 is 14.6 Å². The van der Waals surface area contributed by atoms with Crippen LogP contribution in [-0.2, 0) is 9.47 Å². The zero-order valence-corrected chi connectivity index (χ0v) is 13.4. The Bertz CT molecular complexity index is 410. The third-order valence-electron chi connectivity index (χ3n) is 3.98. The molecule has 3 heteroatoms. The van der Waals surface area contributed by atoms with Crippen LogP contribution in [0, 0.1) is 0 Å². The van der Waals surface area contributed by atoms with Crippen LogP contribution in [0.3, 0.4) is 0 Å². The van der Waals surface area contributed by atoms with Gasteiger partial charge >= 0.3 is 0 Å². The molecule has 21 heavy (non-hydrogen) atoms. The van der Waals surface area contributed by atoms with E-state index in [9.17, 15) is 5.11 Å². The molecule has 0 amide bonds. The molecule has 1 saturated carbocycles. The summed E-state index contributed by atoms with van der Waals surface area (Å²) in [4.78, 5) is 0. The van der Waals surface area contributed by atoms with Gasteiger partial charge in [-0.2, -0.15) is 0 Å². The molecular formula is C18H28O3. The van der Waals surface area contributed by atoms with Crippen molar-refractivity contribution in [3.63, 3.8) is 0 Å². The van der Waals surface area contributed by atoms with E-state index in [0.717, 1.165) is 19.3 Å². The fraction of sp³-hybridized carbons (Fsp3) is 0.667. The Morgan fingerprint density at radius 3 is 2.48 bits per heavy atom. The predicted octanol–water partition coefficient (Wildman–Crippen LogP) is 3.52. The van der Waals surface area contributed by atoms with Gasteiger partial charge in [-0.1, -0.05) is 30.3 Å². The highest BCUT2D eigenvalue weighted by Crippen LogP contribution is 2.34. The van der Waals surface area contributed by atoms with Gasteiger partial charge in [0.1, 0.15) is 0 Å². The van der Waals surface area contributed by atoms with Crippen molar-refractivity contribution in [3.05, 3.63) is 35.9 Å². The first-order valence-corrected chi connectivity index (χ1v) is 7.94. The van der Waals surface area contributed by atoms with E-state index in [2.05, 4.69) is 24.3 Å². The Labute approximate surface area is 128 Å². The van der Waals surface area contributed by atoms with Gasteiger partial charge in [-0.05, 0) is 51.5 Å². The summed E-state index contributed by atoms with van der Waals surface area (Å²) >= 11 is 0. The molecule has 118 valence electrons. The maximum absolute atomic E-state index is 10.1. The molecule has 0 bridgehead atoms. The summed E-state index contributed by atoms with van der Waals surface area (Å²) in [5, 5.41) is 10.1. The predicted molar refractivity (Wildman–Crippen MR) is 84.5 cm³/mol. The van der Waals surface area contributed by atoms with E-state index in [1.807, 2.05) is 26.8 Å². The molecule has 0 saturated heterocycles. The second-order valence-electron chi connectivity index (χ2n) is 6.86. The molecule has 3 atom stereocenters. The van der Waals surface area contributed by atoms with Gasteiger partial charge in [-0.3, -0.25) is 0 Å². The van der Waals surface area contributed by atoms with Gasteiger partial charge in [0, 0.05) is 0 Å². The van der Waals surface area contributed by atoms with Crippen LogP contribution in [0.4, 0.5) is 0 Å². The van der Waals surface area contributed by atoms with Crippen molar-refractivity contribution < 1.29 is 14.6 Å². The standard InChI is InChI=1S/C18H28O3/c1-18(2,3)21-12-11-20-17-13-15(9-10-16(17)19)14-7-5-4-6-8-14/h4-8,15-17,19H,9-13H2,1-3H3. The lowest BCUT2D eigenvalue weighted by Crippen LogP contribution is -2.36. The van der Waals surface area contributed by atoms with E-state index in [4.69, 9.17) is 9.47 Å². The topological polar surface area (TPSA) is 38.7 Å². The molecule has 0 radical (unpaired) electrons. The zero-order valence-electron chi connectivity index (χ0n) is 13.4. The fourth-order valence-corrected chi connectivity index (χ4v) is 2.87. The van der Waals surface area contributed by atoms with Gasteiger partial charge in [0.05, 0.1) is 31.0 Å². The lowest BCUT2D eigenvalue weighted by molar-refractivity contribution is -0.0950. The second kappa shape index (κ2) is 7.39. The number of rotatable bonds is 5. The molecule has 0 spiro atoms. The molecule has 0 heterocycles. The van der Waals surface area contributed by atoms with Crippen molar-refractivity contribution in [2.45, 2.75) is 63.8 Å². The maximum atomic E-state index is 10.1. The first-order valence-electron chi connectivity index (χ1n) is 7.94. The zero-order chi connectivity index (χ0) is 15.3. The quantitative estimate of drug-likeness (QED) is 0.844. The summed E-state index contributed by atoms with van der Waals surface area (Å²) in [7, 11) is 0. The second-order valence-corrected chi connectivity index (χ2v) is 6.86. The van der Waals surface area contributed by atoms with Gasteiger partial charge in [-0.25, -0.2) is 0 Å². The molecule has 1 N–H and O–H groups in total. The van der Waals surface area contributed by atoms with E-state index in [0.29, 0.717) is 19.1 Å². The minimum absolute atomic E-state index is 0.0764. The highest BCUT2D eigenvalue weighted by atomic mass is 16.5. The molecule has 0 aliphatic heterocycles. The Morgan fingerprint density at radius 1 is 1.10 bits per heavy atom. The largest absolute Gasteiger partial charge is 0.390 e. The minimum Gasteiger partial charge on any atom is -0.390 e. The molecule has 0 aromatic heterocycles. The lowest BCUT2D eigenvalue weighted by atomic mass is 9.81. The summed E-state index contributed by atoms with van der Waals surface area (Å²) in [6.45, 7) is 7.22. The van der Waals surface area contributed by atoms with Gasteiger partial charge in [0.25, 0.3) is 0 Å². The molecule has 3 nitrogen and oxygen atoms in total. The molecule has 3 unspecified atom stereocenters. The van der Waals surface area contributed by atoms with Crippen LogP contribution in [0.2, 0.25) is 0 Å².